The van der Waals surface area contributed by atoms with E-state index in [1.54, 1.807) is 18.2 Å². The summed E-state index contributed by atoms with van der Waals surface area (Å²) in [6, 6.07) is 30.4. The van der Waals surface area contributed by atoms with Gasteiger partial charge in [0.15, 0.2) is 0 Å². The first-order chi connectivity index (χ1) is 20.7. The monoisotopic (exact) mass is 601 g/mol. The molecule has 0 saturated carbocycles. The van der Waals surface area contributed by atoms with Crippen molar-refractivity contribution in [3.63, 3.8) is 0 Å². The topological polar surface area (TPSA) is 86.8 Å². The fourth-order valence-corrected chi connectivity index (χ4v) is 6.11. The number of halogens is 1. The summed E-state index contributed by atoms with van der Waals surface area (Å²) in [4.78, 5) is 29.4. The Kier molecular flexibility index (Phi) is 10.7. The molecule has 4 aromatic carbocycles. The zero-order valence-electron chi connectivity index (χ0n) is 24.3. The van der Waals surface area contributed by atoms with Crippen LogP contribution in [-0.4, -0.2) is 43.8 Å². The molecule has 0 saturated heterocycles. The van der Waals surface area contributed by atoms with E-state index in [0.717, 1.165) is 21.5 Å². The van der Waals surface area contributed by atoms with Crippen molar-refractivity contribution in [3.05, 3.63) is 132 Å². The molecule has 7 nitrogen and oxygen atoms in total. The van der Waals surface area contributed by atoms with Crippen LogP contribution in [0.2, 0.25) is 0 Å². The van der Waals surface area contributed by atoms with E-state index in [2.05, 4.69) is 5.32 Å². The number of anilines is 1. The van der Waals surface area contributed by atoms with E-state index in [-0.39, 0.29) is 35.5 Å². The minimum atomic E-state index is -4.36. The van der Waals surface area contributed by atoms with Crippen molar-refractivity contribution in [2.75, 3.05) is 10.8 Å². The van der Waals surface area contributed by atoms with Crippen LogP contribution in [0.4, 0.5) is 10.1 Å². The Labute approximate surface area is 253 Å². The van der Waals surface area contributed by atoms with Crippen LogP contribution in [0, 0.1) is 5.82 Å². The summed E-state index contributed by atoms with van der Waals surface area (Å²) in [6.07, 6.45) is 0.889. The lowest BCUT2D eigenvalue weighted by Gasteiger charge is -2.34. The Balaban J connectivity index is 1.79. The molecule has 0 aliphatic rings. The summed E-state index contributed by atoms with van der Waals surface area (Å²) in [5.41, 5.74) is 1.33. The molecule has 0 aliphatic heterocycles. The molecular weight excluding hydrogens is 565 g/mol. The van der Waals surface area contributed by atoms with Crippen LogP contribution in [0.25, 0.3) is 0 Å². The van der Waals surface area contributed by atoms with Crippen molar-refractivity contribution in [3.8, 4) is 0 Å². The second kappa shape index (κ2) is 14.6. The molecule has 4 aromatic rings. The summed E-state index contributed by atoms with van der Waals surface area (Å²) in [5, 5.41) is 3.00. The number of para-hydroxylation sites is 1. The Bertz CT molecular complexity index is 1600. The number of carbonyl (C=O) groups excluding carboxylic acids is 2. The molecule has 4 rings (SSSR count). The lowest BCUT2D eigenvalue weighted by molar-refractivity contribution is -0.140. The van der Waals surface area contributed by atoms with Gasteiger partial charge in [-0.2, -0.15) is 0 Å². The van der Waals surface area contributed by atoms with Gasteiger partial charge in [0.05, 0.1) is 10.6 Å². The first-order valence-electron chi connectivity index (χ1n) is 14.2. The van der Waals surface area contributed by atoms with E-state index >= 15 is 4.39 Å². The van der Waals surface area contributed by atoms with Crippen molar-refractivity contribution in [2.45, 2.75) is 50.2 Å². The van der Waals surface area contributed by atoms with Gasteiger partial charge >= 0.3 is 0 Å². The molecule has 0 radical (unpaired) electrons. The average Bonchev–Trinajstić information content (AvgIpc) is 3.03. The lowest BCUT2D eigenvalue weighted by atomic mass is 10.0. The second-order valence-corrected chi connectivity index (χ2v) is 12.2. The molecule has 0 aliphatic carbocycles. The van der Waals surface area contributed by atoms with Gasteiger partial charge in [0.1, 0.15) is 18.4 Å². The summed E-state index contributed by atoms with van der Waals surface area (Å²) < 4.78 is 43.7. The van der Waals surface area contributed by atoms with Crippen LogP contribution >= 0.6 is 0 Å². The number of rotatable bonds is 13. The van der Waals surface area contributed by atoms with E-state index < -0.39 is 34.3 Å². The number of hydrogen-bond donors (Lipinski definition) is 1. The van der Waals surface area contributed by atoms with Crippen LogP contribution < -0.4 is 9.62 Å². The fraction of sp³-hybridized carbons (Fsp3) is 0.235. The van der Waals surface area contributed by atoms with Crippen molar-refractivity contribution >= 4 is 27.5 Å². The molecular formula is C34H36FN3O4S. The Hall–Kier alpha value is -4.50. The summed E-state index contributed by atoms with van der Waals surface area (Å²) in [6.45, 7) is 3.16. The van der Waals surface area contributed by atoms with Crippen molar-refractivity contribution in [2.24, 2.45) is 0 Å². The van der Waals surface area contributed by atoms with E-state index in [9.17, 15) is 18.0 Å². The molecule has 1 N–H and O–H groups in total. The zero-order chi connectivity index (χ0) is 30.8. The van der Waals surface area contributed by atoms with Gasteiger partial charge in [0.2, 0.25) is 11.8 Å². The van der Waals surface area contributed by atoms with E-state index in [1.165, 1.54) is 35.2 Å². The van der Waals surface area contributed by atoms with Gasteiger partial charge in [0.25, 0.3) is 10.0 Å². The molecule has 0 aromatic heterocycles. The lowest BCUT2D eigenvalue weighted by Crippen LogP contribution is -2.54. The fourth-order valence-electron chi connectivity index (χ4n) is 4.66. The van der Waals surface area contributed by atoms with Crippen LogP contribution in [0.3, 0.4) is 0 Å². The minimum Gasteiger partial charge on any atom is -0.352 e. The first kappa shape index (κ1) is 31.4. The molecule has 0 unspecified atom stereocenters. The highest BCUT2D eigenvalue weighted by Crippen LogP contribution is 2.27. The quantitative estimate of drug-likeness (QED) is 0.217. The molecule has 0 fully saturated rings. The van der Waals surface area contributed by atoms with Crippen LogP contribution in [0.5, 0.6) is 0 Å². The van der Waals surface area contributed by atoms with Crippen molar-refractivity contribution in [1.82, 2.24) is 10.2 Å². The minimum absolute atomic E-state index is 0.0432. The maximum Gasteiger partial charge on any atom is 0.264 e. The molecule has 2 amide bonds. The van der Waals surface area contributed by atoms with Gasteiger partial charge in [0, 0.05) is 19.0 Å². The van der Waals surface area contributed by atoms with Gasteiger partial charge < -0.3 is 10.2 Å². The van der Waals surface area contributed by atoms with Gasteiger partial charge in [-0.1, -0.05) is 97.9 Å². The molecule has 0 spiro atoms. The third-order valence-corrected chi connectivity index (χ3v) is 8.97. The van der Waals surface area contributed by atoms with Gasteiger partial charge in [-0.05, 0) is 48.7 Å². The van der Waals surface area contributed by atoms with E-state index in [4.69, 9.17) is 0 Å². The molecule has 0 bridgehead atoms. The highest BCUT2D eigenvalue weighted by Gasteiger charge is 2.35. The summed E-state index contributed by atoms with van der Waals surface area (Å²) >= 11 is 0. The third kappa shape index (κ3) is 8.08. The summed E-state index contributed by atoms with van der Waals surface area (Å²) in [5.74, 6) is -1.79. The Morgan fingerprint density at radius 3 is 1.91 bits per heavy atom. The number of amides is 2. The first-order valence-corrected chi connectivity index (χ1v) is 15.6. The predicted octanol–water partition coefficient (Wildman–Crippen LogP) is 5.58. The van der Waals surface area contributed by atoms with E-state index in [0.29, 0.717) is 6.42 Å². The maximum absolute atomic E-state index is 15.1. The predicted molar refractivity (Wildman–Crippen MR) is 166 cm³/mol. The number of benzene rings is 4. The van der Waals surface area contributed by atoms with Crippen LogP contribution in [-0.2, 0) is 32.6 Å². The summed E-state index contributed by atoms with van der Waals surface area (Å²) in [7, 11) is -4.36. The Morgan fingerprint density at radius 1 is 0.791 bits per heavy atom. The highest BCUT2D eigenvalue weighted by atomic mass is 32.2. The zero-order valence-corrected chi connectivity index (χ0v) is 25.1. The SMILES string of the molecule is CC[C@H](C)NC(=O)[C@@H](Cc1ccccc1)N(Cc1ccccc1)C(=O)CN(c1ccccc1F)S(=O)(=O)c1ccccc1. The van der Waals surface area contributed by atoms with Gasteiger partial charge in [-0.3, -0.25) is 13.9 Å². The van der Waals surface area contributed by atoms with Crippen LogP contribution in [0.15, 0.2) is 120 Å². The smallest absolute Gasteiger partial charge is 0.264 e. The molecule has 2 atom stereocenters. The largest absolute Gasteiger partial charge is 0.352 e. The van der Waals surface area contributed by atoms with Gasteiger partial charge in [-0.15, -0.1) is 0 Å². The standard InChI is InChI=1S/C34H36FN3O4S/c1-3-26(2)36-34(40)32(23-27-15-7-4-8-16-27)37(24-28-17-9-5-10-18-28)33(39)25-38(31-22-14-13-21-30(31)35)43(41,42)29-19-11-6-12-20-29/h4-22,26,32H,3,23-25H2,1-2H3,(H,36,40)/t26-,32+/m0/s1. The van der Waals surface area contributed by atoms with Crippen LogP contribution in [0.1, 0.15) is 31.4 Å². The van der Waals surface area contributed by atoms with Crippen molar-refractivity contribution in [1.29, 1.82) is 0 Å². The Morgan fingerprint density at radius 2 is 1.33 bits per heavy atom. The highest BCUT2D eigenvalue weighted by molar-refractivity contribution is 7.92. The molecule has 43 heavy (non-hydrogen) atoms. The third-order valence-electron chi connectivity index (χ3n) is 7.20. The number of nitrogens with one attached hydrogen (secondary N) is 1. The normalized spacial score (nSPS) is 12.6. The molecule has 0 heterocycles. The van der Waals surface area contributed by atoms with Crippen molar-refractivity contribution < 1.29 is 22.4 Å². The number of hydrogen-bond acceptors (Lipinski definition) is 4. The van der Waals surface area contributed by atoms with E-state index in [1.807, 2.05) is 74.5 Å². The second-order valence-electron chi connectivity index (χ2n) is 10.3. The molecule has 224 valence electrons. The number of carbonyl (C=O) groups is 2. The number of nitrogens with zero attached hydrogens (tertiary/aromatic N) is 2. The average molecular weight is 602 g/mol. The number of sulfonamides is 1. The van der Waals surface area contributed by atoms with Gasteiger partial charge in [-0.25, -0.2) is 12.8 Å². The molecule has 9 heteroatoms. The maximum atomic E-state index is 15.1.